The molecule has 0 amide bonds. The van der Waals surface area contributed by atoms with Gasteiger partial charge in [-0.3, -0.25) is 4.79 Å². The molecule has 4 heteroatoms. The topological polar surface area (TPSA) is 52.3 Å². The SMILES string of the molecule is C=CC[Si](C)(C)c1ccc(CC(N)C(=O)OC)cc1. The first-order chi connectivity index (χ1) is 8.90. The normalized spacial score (nSPS) is 12.8. The molecule has 1 unspecified atom stereocenters. The van der Waals surface area contributed by atoms with E-state index in [2.05, 4.69) is 48.7 Å². The van der Waals surface area contributed by atoms with Gasteiger partial charge in [-0.25, -0.2) is 0 Å². The van der Waals surface area contributed by atoms with Gasteiger partial charge in [-0.05, 0) is 18.0 Å². The number of hydrogen-bond acceptors (Lipinski definition) is 3. The smallest absolute Gasteiger partial charge is 0.322 e. The second-order valence-electron chi connectivity index (χ2n) is 5.41. The zero-order chi connectivity index (χ0) is 14.5. The van der Waals surface area contributed by atoms with E-state index in [1.807, 2.05) is 6.08 Å². The van der Waals surface area contributed by atoms with Crippen LogP contribution in [0.5, 0.6) is 0 Å². The maximum absolute atomic E-state index is 11.3. The number of benzene rings is 1. The molecule has 0 radical (unpaired) electrons. The first-order valence-corrected chi connectivity index (χ1v) is 9.65. The average Bonchev–Trinajstić information content (AvgIpc) is 2.38. The number of hydrogen-bond donors (Lipinski definition) is 1. The molecular weight excluding hydrogens is 254 g/mol. The fourth-order valence-corrected chi connectivity index (χ4v) is 4.09. The van der Waals surface area contributed by atoms with Crippen molar-refractivity contribution in [2.75, 3.05) is 7.11 Å². The highest BCUT2D eigenvalue weighted by Gasteiger charge is 2.21. The summed E-state index contributed by atoms with van der Waals surface area (Å²) in [5, 5.41) is 1.39. The molecule has 0 aliphatic heterocycles. The molecule has 0 aliphatic carbocycles. The molecule has 0 spiro atoms. The van der Waals surface area contributed by atoms with Crippen molar-refractivity contribution in [3.63, 3.8) is 0 Å². The van der Waals surface area contributed by atoms with Gasteiger partial charge in [0.15, 0.2) is 0 Å². The Bertz CT molecular complexity index is 440. The van der Waals surface area contributed by atoms with Crippen LogP contribution >= 0.6 is 0 Å². The molecule has 0 fully saturated rings. The van der Waals surface area contributed by atoms with Crippen LogP contribution in [0.15, 0.2) is 36.9 Å². The van der Waals surface area contributed by atoms with Crippen molar-refractivity contribution in [3.8, 4) is 0 Å². The van der Waals surface area contributed by atoms with Crippen LogP contribution in [0.25, 0.3) is 0 Å². The Labute approximate surface area is 116 Å². The number of carbonyl (C=O) groups excluding carboxylic acids is 1. The summed E-state index contributed by atoms with van der Waals surface area (Å²) in [6.45, 7) is 8.47. The number of rotatable bonds is 6. The summed E-state index contributed by atoms with van der Waals surface area (Å²) in [6, 6.07) is 8.87. The lowest BCUT2D eigenvalue weighted by molar-refractivity contribution is -0.142. The number of esters is 1. The molecule has 0 heterocycles. The van der Waals surface area contributed by atoms with Gasteiger partial charge in [-0.15, -0.1) is 6.58 Å². The van der Waals surface area contributed by atoms with Crippen LogP contribution in [0, 0.1) is 0 Å². The quantitative estimate of drug-likeness (QED) is 0.490. The molecule has 3 nitrogen and oxygen atoms in total. The molecule has 0 aromatic heterocycles. The van der Waals surface area contributed by atoms with Gasteiger partial charge in [-0.1, -0.05) is 48.6 Å². The van der Waals surface area contributed by atoms with E-state index < -0.39 is 14.1 Å². The van der Waals surface area contributed by atoms with Gasteiger partial charge < -0.3 is 10.5 Å². The van der Waals surface area contributed by atoms with E-state index >= 15 is 0 Å². The number of nitrogens with two attached hydrogens (primary N) is 1. The van der Waals surface area contributed by atoms with Crippen molar-refractivity contribution in [3.05, 3.63) is 42.5 Å². The fourth-order valence-electron chi connectivity index (χ4n) is 2.06. The van der Waals surface area contributed by atoms with E-state index in [0.29, 0.717) is 6.42 Å². The van der Waals surface area contributed by atoms with E-state index in [9.17, 15) is 4.79 Å². The average molecular weight is 277 g/mol. The Morgan fingerprint density at radius 3 is 2.47 bits per heavy atom. The standard InChI is InChI=1S/C15H23NO2Si/c1-5-10-19(3,4)13-8-6-12(7-9-13)11-14(16)15(17)18-2/h5-9,14H,1,10-11,16H2,2-4H3. The summed E-state index contributed by atoms with van der Waals surface area (Å²) < 4.78 is 4.63. The number of allylic oxidation sites excluding steroid dienone is 1. The molecule has 1 aromatic rings. The lowest BCUT2D eigenvalue weighted by atomic mass is 10.1. The minimum Gasteiger partial charge on any atom is -0.468 e. The van der Waals surface area contributed by atoms with Gasteiger partial charge >= 0.3 is 5.97 Å². The zero-order valence-electron chi connectivity index (χ0n) is 12.0. The van der Waals surface area contributed by atoms with E-state index in [1.165, 1.54) is 12.3 Å². The van der Waals surface area contributed by atoms with Crippen molar-refractivity contribution in [2.45, 2.75) is 31.6 Å². The highest BCUT2D eigenvalue weighted by atomic mass is 28.3. The van der Waals surface area contributed by atoms with Crippen molar-refractivity contribution >= 4 is 19.2 Å². The van der Waals surface area contributed by atoms with Crippen molar-refractivity contribution in [1.29, 1.82) is 0 Å². The molecule has 1 atom stereocenters. The maximum atomic E-state index is 11.3. The molecule has 0 aliphatic rings. The zero-order valence-corrected chi connectivity index (χ0v) is 13.0. The highest BCUT2D eigenvalue weighted by molar-refractivity contribution is 6.90. The first-order valence-electron chi connectivity index (χ1n) is 6.44. The maximum Gasteiger partial charge on any atom is 0.322 e. The monoisotopic (exact) mass is 277 g/mol. The van der Waals surface area contributed by atoms with E-state index in [1.54, 1.807) is 0 Å². The fraction of sp³-hybridized carbons (Fsp3) is 0.400. The molecule has 19 heavy (non-hydrogen) atoms. The second kappa shape index (κ2) is 6.68. The summed E-state index contributed by atoms with van der Waals surface area (Å²) in [5.41, 5.74) is 6.81. The Balaban J connectivity index is 2.77. The van der Waals surface area contributed by atoms with Gasteiger partial charge in [0.1, 0.15) is 6.04 Å². The largest absolute Gasteiger partial charge is 0.468 e. The second-order valence-corrected chi connectivity index (χ2v) is 10.2. The van der Waals surface area contributed by atoms with E-state index in [-0.39, 0.29) is 5.97 Å². The molecule has 0 saturated heterocycles. The van der Waals surface area contributed by atoms with Gasteiger partial charge in [-0.2, -0.15) is 0 Å². The third kappa shape index (κ3) is 4.33. The lowest BCUT2D eigenvalue weighted by Crippen LogP contribution is -2.40. The van der Waals surface area contributed by atoms with Crippen molar-refractivity contribution in [1.82, 2.24) is 0 Å². The predicted molar refractivity (Wildman–Crippen MR) is 82.3 cm³/mol. The number of methoxy groups -OCH3 is 1. The minimum atomic E-state index is -1.41. The Kier molecular flexibility index (Phi) is 5.51. The van der Waals surface area contributed by atoms with Crippen LogP contribution in [0.3, 0.4) is 0 Å². The molecule has 104 valence electrons. The van der Waals surface area contributed by atoms with Crippen LogP contribution < -0.4 is 10.9 Å². The molecule has 0 bridgehead atoms. The van der Waals surface area contributed by atoms with Crippen LogP contribution in [-0.4, -0.2) is 27.2 Å². The summed E-state index contributed by atoms with van der Waals surface area (Å²) in [6.07, 6.45) is 2.50. The summed E-state index contributed by atoms with van der Waals surface area (Å²) in [7, 11) is -0.0561. The van der Waals surface area contributed by atoms with Gasteiger partial charge in [0.25, 0.3) is 0 Å². The predicted octanol–water partition coefficient (Wildman–Crippen LogP) is 1.83. The lowest BCUT2D eigenvalue weighted by Gasteiger charge is -2.21. The molecule has 1 rings (SSSR count). The van der Waals surface area contributed by atoms with E-state index in [4.69, 9.17) is 5.73 Å². The third-order valence-corrected chi connectivity index (χ3v) is 6.56. The highest BCUT2D eigenvalue weighted by Crippen LogP contribution is 2.11. The third-order valence-electron chi connectivity index (χ3n) is 3.35. The van der Waals surface area contributed by atoms with Crippen LogP contribution in [0.2, 0.25) is 19.1 Å². The number of carbonyl (C=O) groups is 1. The summed E-state index contributed by atoms with van der Waals surface area (Å²) in [4.78, 5) is 11.3. The van der Waals surface area contributed by atoms with Gasteiger partial charge in [0.05, 0.1) is 15.2 Å². The van der Waals surface area contributed by atoms with Crippen molar-refractivity contribution in [2.24, 2.45) is 5.73 Å². The molecular formula is C15H23NO2Si. The van der Waals surface area contributed by atoms with Crippen LogP contribution in [0.4, 0.5) is 0 Å². The molecule has 2 N–H and O–H groups in total. The Morgan fingerprint density at radius 1 is 1.42 bits per heavy atom. The minimum absolute atomic E-state index is 0.370. The van der Waals surface area contributed by atoms with Crippen LogP contribution in [0.1, 0.15) is 5.56 Å². The molecule has 1 aromatic carbocycles. The van der Waals surface area contributed by atoms with Gasteiger partial charge in [0, 0.05) is 0 Å². The summed E-state index contributed by atoms with van der Waals surface area (Å²) in [5.74, 6) is -0.370. The molecule has 0 saturated carbocycles. The first kappa shape index (κ1) is 15.7. The van der Waals surface area contributed by atoms with Crippen LogP contribution in [-0.2, 0) is 16.0 Å². The van der Waals surface area contributed by atoms with Crippen molar-refractivity contribution < 1.29 is 9.53 Å². The van der Waals surface area contributed by atoms with E-state index in [0.717, 1.165) is 11.6 Å². The Hall–Kier alpha value is -1.39. The van der Waals surface area contributed by atoms with Gasteiger partial charge in [0.2, 0.25) is 0 Å². The number of ether oxygens (including phenoxy) is 1. The Morgan fingerprint density at radius 2 is 2.00 bits per heavy atom. The summed E-state index contributed by atoms with van der Waals surface area (Å²) >= 11 is 0.